The number of thiazole rings is 1. The molecule has 0 radical (unpaired) electrons. The maximum absolute atomic E-state index is 13.5. The molecule has 4 N–H and O–H groups in total. The predicted molar refractivity (Wildman–Crippen MR) is 184 cm³/mol. The lowest BCUT2D eigenvalue weighted by atomic mass is 9.98. The minimum Gasteiger partial charge on any atom is -0.459 e. The molecule has 1 saturated heterocycles. The summed E-state index contributed by atoms with van der Waals surface area (Å²) in [5.41, 5.74) is 4.79. The zero-order valence-electron chi connectivity index (χ0n) is 27.8. The van der Waals surface area contributed by atoms with Crippen molar-refractivity contribution in [2.45, 2.75) is 25.3 Å². The van der Waals surface area contributed by atoms with Gasteiger partial charge in [0.1, 0.15) is 43.5 Å². The second-order valence-electron chi connectivity index (χ2n) is 10.7. The van der Waals surface area contributed by atoms with E-state index < -0.39 is 89.1 Å². The molecule has 0 spiro atoms. The van der Waals surface area contributed by atoms with E-state index in [9.17, 15) is 49.0 Å². The molecule has 1 aliphatic heterocycles. The van der Waals surface area contributed by atoms with Crippen molar-refractivity contribution in [3.05, 3.63) is 91.0 Å². The minimum absolute atomic E-state index is 0.00356. The Morgan fingerprint density at radius 2 is 1.47 bits per heavy atom. The zero-order chi connectivity index (χ0) is 40.1. The van der Waals surface area contributed by atoms with Gasteiger partial charge in [0.15, 0.2) is 17.5 Å². The first kappa shape index (κ1) is 41.0. The number of nitrogens with zero attached hydrogens (tertiary/aromatic N) is 5. The molecule has 0 saturated carbocycles. The van der Waals surface area contributed by atoms with Gasteiger partial charge in [-0.2, -0.15) is 0 Å². The molecule has 0 aliphatic carbocycles. The van der Waals surface area contributed by atoms with Crippen molar-refractivity contribution < 1.29 is 62.5 Å². The number of halogens is 1. The van der Waals surface area contributed by atoms with Crippen LogP contribution in [0.3, 0.4) is 0 Å². The number of nitro groups is 2. The number of carbonyl (C=O) groups is 6. The lowest BCUT2D eigenvalue weighted by Crippen LogP contribution is -2.72. The van der Waals surface area contributed by atoms with E-state index in [1.807, 2.05) is 0 Å². The SMILES string of the molecule is NC(=O)OCC1C(NC(=O)/C(=N/OCC(=O)OCc2ccc([N+](=O)[O-])cc2)c2csc(NC(=O)CCl)n2)C(=O)N1OCC(=O)OCc1ccc([N+](=O)[O-])cc1. The summed E-state index contributed by atoms with van der Waals surface area (Å²) in [6, 6.07) is 7.66. The molecule has 1 aromatic heterocycles. The van der Waals surface area contributed by atoms with Gasteiger partial charge in [0.05, 0.1) is 9.85 Å². The van der Waals surface area contributed by atoms with E-state index in [1.54, 1.807) is 0 Å². The molecule has 2 aromatic carbocycles. The molecule has 0 bridgehead atoms. The van der Waals surface area contributed by atoms with Crippen molar-refractivity contribution in [1.29, 1.82) is 0 Å². The van der Waals surface area contributed by atoms with Crippen LogP contribution in [0, 0.1) is 20.2 Å². The Kier molecular flexibility index (Phi) is 14.4. The average molecular weight is 807 g/mol. The molecular weight excluding hydrogens is 780 g/mol. The number of amides is 4. The molecule has 2 unspecified atom stereocenters. The number of primary amides is 1. The van der Waals surface area contributed by atoms with Gasteiger partial charge >= 0.3 is 18.0 Å². The van der Waals surface area contributed by atoms with Gasteiger partial charge in [-0.25, -0.2) is 24.4 Å². The first-order valence-electron chi connectivity index (χ1n) is 15.2. The number of nitro benzene ring substituents is 2. The summed E-state index contributed by atoms with van der Waals surface area (Å²) in [4.78, 5) is 109. The summed E-state index contributed by atoms with van der Waals surface area (Å²) in [6.45, 7) is -2.82. The quantitative estimate of drug-likeness (QED) is 0.0290. The van der Waals surface area contributed by atoms with E-state index in [0.29, 0.717) is 16.2 Å². The third kappa shape index (κ3) is 11.9. The summed E-state index contributed by atoms with van der Waals surface area (Å²) in [6.07, 6.45) is -1.24. The molecule has 25 heteroatoms. The number of non-ortho nitro benzene ring substituents is 2. The van der Waals surface area contributed by atoms with Crippen LogP contribution in [0.15, 0.2) is 59.1 Å². The van der Waals surface area contributed by atoms with Gasteiger partial charge in [-0.15, -0.1) is 22.9 Å². The van der Waals surface area contributed by atoms with Gasteiger partial charge in [0.25, 0.3) is 23.2 Å². The number of anilines is 1. The smallest absolute Gasteiger partial charge is 0.404 e. The Bertz CT molecular complexity index is 1980. The monoisotopic (exact) mass is 806 g/mol. The molecule has 4 rings (SSSR count). The van der Waals surface area contributed by atoms with Crippen LogP contribution in [-0.4, -0.2) is 99.1 Å². The van der Waals surface area contributed by atoms with Gasteiger partial charge in [-0.3, -0.25) is 39.4 Å². The van der Waals surface area contributed by atoms with E-state index in [-0.39, 0.29) is 35.4 Å². The summed E-state index contributed by atoms with van der Waals surface area (Å²) in [7, 11) is 0. The van der Waals surface area contributed by atoms with Crippen molar-refractivity contribution in [3.63, 3.8) is 0 Å². The largest absolute Gasteiger partial charge is 0.459 e. The van der Waals surface area contributed by atoms with Crippen molar-refractivity contribution in [2.75, 3.05) is 31.0 Å². The second-order valence-corrected chi connectivity index (χ2v) is 11.8. The van der Waals surface area contributed by atoms with Crippen LogP contribution in [0.1, 0.15) is 16.8 Å². The summed E-state index contributed by atoms with van der Waals surface area (Å²) >= 11 is 6.38. The highest BCUT2D eigenvalue weighted by Crippen LogP contribution is 2.23. The number of hydrogen-bond donors (Lipinski definition) is 3. The Hall–Kier alpha value is -6.79. The van der Waals surface area contributed by atoms with Crippen LogP contribution in [0.5, 0.6) is 0 Å². The molecule has 290 valence electrons. The topological polar surface area (TPSA) is 313 Å². The molecule has 3 aromatic rings. The van der Waals surface area contributed by atoms with E-state index in [0.717, 1.165) is 11.3 Å². The van der Waals surface area contributed by atoms with Crippen LogP contribution in [0.2, 0.25) is 0 Å². The number of hydrogen-bond acceptors (Lipinski definition) is 18. The highest BCUT2D eigenvalue weighted by atomic mass is 35.5. The molecular formula is C30H27ClN8O15S. The highest BCUT2D eigenvalue weighted by molar-refractivity contribution is 7.14. The van der Waals surface area contributed by atoms with E-state index in [1.165, 1.54) is 53.9 Å². The summed E-state index contributed by atoms with van der Waals surface area (Å²) < 4.78 is 14.9. The number of nitrogens with one attached hydrogen (secondary N) is 2. The molecule has 55 heavy (non-hydrogen) atoms. The minimum atomic E-state index is -1.46. The number of β-lactam (4-membered cyclic amide) rings is 1. The molecule has 1 aliphatic rings. The fourth-order valence-corrected chi connectivity index (χ4v) is 5.06. The Morgan fingerprint density at radius 3 is 2.00 bits per heavy atom. The van der Waals surface area contributed by atoms with Gasteiger partial charge < -0.3 is 35.4 Å². The number of esters is 2. The molecule has 1 fully saturated rings. The standard InChI is InChI=1S/C30H27ClN8O15S/c31-9-22(40)34-30-33-20(15-55-30)25(36-53-13-23(41)50-10-16-1-5-18(6-2-16)38(46)47)27(43)35-26-21(12-52-29(32)45)37(28(26)44)54-14-24(42)51-11-17-3-7-19(8-4-17)39(48)49/h1-8,15,21,26H,9-14H2,(H2,32,45)(H,35,43)(H,33,34,40)/b36-25+. The van der Waals surface area contributed by atoms with E-state index in [2.05, 4.69) is 20.8 Å². The average Bonchev–Trinajstić information content (AvgIpc) is 3.62. The highest BCUT2D eigenvalue weighted by Gasteiger charge is 2.51. The Labute approximate surface area is 316 Å². The Balaban J connectivity index is 1.40. The van der Waals surface area contributed by atoms with Gasteiger partial charge in [0, 0.05) is 29.6 Å². The van der Waals surface area contributed by atoms with Crippen molar-refractivity contribution in [3.8, 4) is 0 Å². The van der Waals surface area contributed by atoms with Gasteiger partial charge in [-0.05, 0) is 35.4 Å². The normalized spacial score (nSPS) is 14.9. The molecule has 4 amide bonds. The van der Waals surface area contributed by atoms with Crippen LogP contribution < -0.4 is 16.4 Å². The molecule has 23 nitrogen and oxygen atoms in total. The number of benzene rings is 2. The van der Waals surface area contributed by atoms with Gasteiger partial charge in [-0.1, -0.05) is 5.16 Å². The van der Waals surface area contributed by atoms with Crippen molar-refractivity contribution in [1.82, 2.24) is 15.4 Å². The molecule has 2 atom stereocenters. The zero-order valence-corrected chi connectivity index (χ0v) is 29.4. The van der Waals surface area contributed by atoms with E-state index in [4.69, 9.17) is 41.2 Å². The molecule has 2 heterocycles. The predicted octanol–water partition coefficient (Wildman–Crippen LogP) is 1.07. The fraction of sp³-hybridized carbons (Fsp3) is 0.267. The summed E-state index contributed by atoms with van der Waals surface area (Å²) in [5.74, 6) is -4.96. The number of carbonyl (C=O) groups excluding carboxylic acids is 6. The summed E-state index contributed by atoms with van der Waals surface area (Å²) in [5, 5.41) is 32.0. The number of ether oxygens (including phenoxy) is 3. The number of alkyl halides is 1. The third-order valence-corrected chi connectivity index (χ3v) is 7.94. The second kappa shape index (κ2) is 19.3. The fourth-order valence-electron chi connectivity index (χ4n) is 4.28. The number of oxime groups is 1. The van der Waals surface area contributed by atoms with Crippen LogP contribution >= 0.6 is 22.9 Å². The Morgan fingerprint density at radius 1 is 0.909 bits per heavy atom. The first-order chi connectivity index (χ1) is 26.2. The maximum Gasteiger partial charge on any atom is 0.404 e. The number of aromatic nitrogens is 1. The third-order valence-electron chi connectivity index (χ3n) is 6.94. The van der Waals surface area contributed by atoms with Crippen LogP contribution in [-0.2, 0) is 61.1 Å². The number of nitrogens with two attached hydrogens (primary N) is 1. The lowest BCUT2D eigenvalue weighted by Gasteiger charge is -2.44. The number of rotatable bonds is 19. The lowest BCUT2D eigenvalue weighted by molar-refractivity contribution is -0.385. The maximum atomic E-state index is 13.5. The van der Waals surface area contributed by atoms with E-state index >= 15 is 0 Å². The van der Waals surface area contributed by atoms with Crippen molar-refractivity contribution in [2.24, 2.45) is 10.9 Å². The van der Waals surface area contributed by atoms with Crippen LogP contribution in [0.25, 0.3) is 0 Å². The van der Waals surface area contributed by atoms with Gasteiger partial charge in [0.2, 0.25) is 12.5 Å². The number of hydroxylamine groups is 2. The van der Waals surface area contributed by atoms with Crippen LogP contribution in [0.4, 0.5) is 21.3 Å². The first-order valence-corrected chi connectivity index (χ1v) is 16.7. The van der Waals surface area contributed by atoms with Crippen molar-refractivity contribution >= 4 is 80.9 Å².